The molecule has 0 aliphatic carbocycles. The van der Waals surface area contributed by atoms with Gasteiger partial charge in [0.2, 0.25) is 0 Å². The number of likely N-dealkylation sites (tertiary alicyclic amines) is 1. The number of hydrogen-bond donors (Lipinski definition) is 1. The fourth-order valence-corrected chi connectivity index (χ4v) is 3.60. The molecule has 2 aliphatic rings. The number of nitrogens with one attached hydrogen (secondary N) is 1. The van der Waals surface area contributed by atoms with Crippen LogP contribution in [0.5, 0.6) is 0 Å². The topological polar surface area (TPSA) is 24.5 Å². The van der Waals surface area contributed by atoms with Gasteiger partial charge in [0.05, 0.1) is 6.61 Å². The highest BCUT2D eigenvalue weighted by Gasteiger charge is 2.26. The van der Waals surface area contributed by atoms with Gasteiger partial charge in [0.1, 0.15) is 0 Å². The van der Waals surface area contributed by atoms with Gasteiger partial charge in [-0.05, 0) is 50.8 Å². The number of benzene rings is 1. The van der Waals surface area contributed by atoms with Gasteiger partial charge < -0.3 is 10.1 Å². The Hall–Kier alpha value is -0.900. The maximum Gasteiger partial charge on any atom is 0.0509 e. The highest BCUT2D eigenvalue weighted by atomic mass is 16.5. The van der Waals surface area contributed by atoms with E-state index in [1.54, 1.807) is 0 Å². The standard InChI is InChI=1S/C18H28N2O/c1-15(17-9-12-21-14-17)19-13-18(20-10-5-6-11-20)16-7-3-2-4-8-16/h2-4,7-8,15,17-19H,5-6,9-14H2,1H3. The first-order valence-electron chi connectivity index (χ1n) is 8.45. The van der Waals surface area contributed by atoms with E-state index < -0.39 is 0 Å². The zero-order chi connectivity index (χ0) is 14.5. The molecule has 21 heavy (non-hydrogen) atoms. The van der Waals surface area contributed by atoms with Gasteiger partial charge in [-0.1, -0.05) is 30.3 Å². The van der Waals surface area contributed by atoms with Crippen molar-refractivity contribution in [1.82, 2.24) is 10.2 Å². The summed E-state index contributed by atoms with van der Waals surface area (Å²) in [5.41, 5.74) is 1.45. The van der Waals surface area contributed by atoms with E-state index in [1.165, 1.54) is 37.9 Å². The Morgan fingerprint density at radius 1 is 1.24 bits per heavy atom. The molecule has 0 amide bonds. The largest absolute Gasteiger partial charge is 0.381 e. The number of nitrogens with zero attached hydrogens (tertiary/aromatic N) is 1. The van der Waals surface area contributed by atoms with E-state index in [-0.39, 0.29) is 0 Å². The van der Waals surface area contributed by atoms with Crippen LogP contribution in [0.2, 0.25) is 0 Å². The fourth-order valence-electron chi connectivity index (χ4n) is 3.60. The predicted octanol–water partition coefficient (Wildman–Crippen LogP) is 2.84. The first-order valence-corrected chi connectivity index (χ1v) is 8.45. The van der Waals surface area contributed by atoms with Crippen LogP contribution < -0.4 is 5.32 Å². The van der Waals surface area contributed by atoms with Crippen LogP contribution in [0.15, 0.2) is 30.3 Å². The van der Waals surface area contributed by atoms with Crippen LogP contribution in [-0.4, -0.2) is 43.8 Å². The predicted molar refractivity (Wildman–Crippen MR) is 86.4 cm³/mol. The Morgan fingerprint density at radius 2 is 2.00 bits per heavy atom. The monoisotopic (exact) mass is 288 g/mol. The van der Waals surface area contributed by atoms with Gasteiger partial charge in [-0.15, -0.1) is 0 Å². The molecule has 116 valence electrons. The van der Waals surface area contributed by atoms with Crippen molar-refractivity contribution < 1.29 is 4.74 Å². The van der Waals surface area contributed by atoms with Crippen molar-refractivity contribution >= 4 is 0 Å². The van der Waals surface area contributed by atoms with Crippen LogP contribution >= 0.6 is 0 Å². The van der Waals surface area contributed by atoms with Gasteiger partial charge in [0.15, 0.2) is 0 Å². The van der Waals surface area contributed by atoms with Gasteiger partial charge in [0.25, 0.3) is 0 Å². The number of ether oxygens (including phenoxy) is 1. The quantitative estimate of drug-likeness (QED) is 0.871. The summed E-state index contributed by atoms with van der Waals surface area (Å²) < 4.78 is 5.52. The summed E-state index contributed by atoms with van der Waals surface area (Å²) in [6.07, 6.45) is 3.89. The third-order valence-corrected chi connectivity index (χ3v) is 5.07. The Labute approximate surface area is 128 Å². The van der Waals surface area contributed by atoms with Gasteiger partial charge >= 0.3 is 0 Å². The summed E-state index contributed by atoms with van der Waals surface area (Å²) in [6.45, 7) is 7.69. The summed E-state index contributed by atoms with van der Waals surface area (Å²) in [5.74, 6) is 0.681. The van der Waals surface area contributed by atoms with Gasteiger partial charge in [0, 0.05) is 25.2 Å². The third kappa shape index (κ3) is 3.85. The molecule has 3 unspecified atom stereocenters. The molecule has 0 bridgehead atoms. The first kappa shape index (κ1) is 15.0. The second kappa shape index (κ2) is 7.39. The lowest BCUT2D eigenvalue weighted by Gasteiger charge is -2.30. The minimum atomic E-state index is 0.512. The highest BCUT2D eigenvalue weighted by Crippen LogP contribution is 2.25. The lowest BCUT2D eigenvalue weighted by atomic mass is 9.99. The lowest BCUT2D eigenvalue weighted by Crippen LogP contribution is -2.40. The fraction of sp³-hybridized carbons (Fsp3) is 0.667. The summed E-state index contributed by atoms with van der Waals surface area (Å²) in [6, 6.07) is 12.0. The van der Waals surface area contributed by atoms with E-state index in [0.717, 1.165) is 19.8 Å². The Morgan fingerprint density at radius 3 is 2.67 bits per heavy atom. The van der Waals surface area contributed by atoms with E-state index in [4.69, 9.17) is 4.74 Å². The van der Waals surface area contributed by atoms with Gasteiger partial charge in [-0.2, -0.15) is 0 Å². The molecule has 3 rings (SSSR count). The number of hydrogen-bond acceptors (Lipinski definition) is 3. The average molecular weight is 288 g/mol. The van der Waals surface area contributed by atoms with Crippen molar-refractivity contribution in [1.29, 1.82) is 0 Å². The molecule has 3 heteroatoms. The van der Waals surface area contributed by atoms with Crippen LogP contribution in [0.4, 0.5) is 0 Å². The van der Waals surface area contributed by atoms with Crippen LogP contribution in [0.3, 0.4) is 0 Å². The molecule has 1 N–H and O–H groups in total. The maximum atomic E-state index is 5.52. The third-order valence-electron chi connectivity index (χ3n) is 5.07. The molecule has 0 aromatic heterocycles. The molecule has 0 saturated carbocycles. The zero-order valence-electron chi connectivity index (χ0n) is 13.1. The van der Waals surface area contributed by atoms with Gasteiger partial charge in [-0.3, -0.25) is 4.90 Å². The second-order valence-electron chi connectivity index (χ2n) is 6.49. The number of rotatable bonds is 6. The van der Waals surface area contributed by atoms with Crippen molar-refractivity contribution in [3.8, 4) is 0 Å². The SMILES string of the molecule is CC(NCC(c1ccccc1)N1CCCC1)C1CCOC1. The summed E-state index contributed by atoms with van der Waals surface area (Å²) >= 11 is 0. The van der Waals surface area contributed by atoms with Crippen LogP contribution in [-0.2, 0) is 4.74 Å². The van der Waals surface area contributed by atoms with E-state index in [0.29, 0.717) is 18.0 Å². The second-order valence-corrected chi connectivity index (χ2v) is 6.49. The first-order chi connectivity index (χ1) is 10.3. The average Bonchev–Trinajstić information content (AvgIpc) is 3.22. The molecule has 2 aliphatic heterocycles. The van der Waals surface area contributed by atoms with E-state index >= 15 is 0 Å². The minimum absolute atomic E-state index is 0.512. The molecular formula is C18H28N2O. The van der Waals surface area contributed by atoms with Crippen molar-refractivity contribution in [2.24, 2.45) is 5.92 Å². The molecule has 2 fully saturated rings. The smallest absolute Gasteiger partial charge is 0.0509 e. The maximum absolute atomic E-state index is 5.52. The van der Waals surface area contributed by atoms with Crippen molar-refractivity contribution in [2.75, 3.05) is 32.8 Å². The lowest BCUT2D eigenvalue weighted by molar-refractivity contribution is 0.174. The van der Waals surface area contributed by atoms with Crippen LogP contribution in [0.1, 0.15) is 37.8 Å². The van der Waals surface area contributed by atoms with Crippen LogP contribution in [0.25, 0.3) is 0 Å². The van der Waals surface area contributed by atoms with Crippen LogP contribution in [0, 0.1) is 5.92 Å². The molecule has 1 aromatic carbocycles. The molecule has 2 saturated heterocycles. The minimum Gasteiger partial charge on any atom is -0.381 e. The van der Waals surface area contributed by atoms with E-state index in [1.807, 2.05) is 0 Å². The molecule has 3 nitrogen and oxygen atoms in total. The summed E-state index contributed by atoms with van der Waals surface area (Å²) in [5, 5.41) is 3.78. The molecule has 1 aromatic rings. The summed E-state index contributed by atoms with van der Waals surface area (Å²) in [7, 11) is 0. The Kier molecular flexibility index (Phi) is 5.28. The molecule has 2 heterocycles. The Balaban J connectivity index is 1.61. The van der Waals surface area contributed by atoms with E-state index in [2.05, 4.69) is 47.5 Å². The summed E-state index contributed by atoms with van der Waals surface area (Å²) in [4.78, 5) is 2.64. The molecule has 0 radical (unpaired) electrons. The van der Waals surface area contributed by atoms with Crippen molar-refractivity contribution in [3.63, 3.8) is 0 Å². The van der Waals surface area contributed by atoms with E-state index in [9.17, 15) is 0 Å². The Bertz CT molecular complexity index is 410. The molecule has 3 atom stereocenters. The highest BCUT2D eigenvalue weighted by molar-refractivity contribution is 5.19. The molecular weight excluding hydrogens is 260 g/mol. The van der Waals surface area contributed by atoms with Gasteiger partial charge in [-0.25, -0.2) is 0 Å². The van der Waals surface area contributed by atoms with Crippen molar-refractivity contribution in [2.45, 2.75) is 38.3 Å². The normalized spacial score (nSPS) is 26.0. The molecule has 0 spiro atoms. The zero-order valence-corrected chi connectivity index (χ0v) is 13.1. The van der Waals surface area contributed by atoms with Crippen molar-refractivity contribution in [3.05, 3.63) is 35.9 Å².